The van der Waals surface area contributed by atoms with Gasteiger partial charge in [-0.1, -0.05) is 0 Å². The molecule has 1 saturated heterocycles. The lowest BCUT2D eigenvalue weighted by Crippen LogP contribution is -2.43. The summed E-state index contributed by atoms with van der Waals surface area (Å²) >= 11 is 0. The standard InChI is InChI=1S/C13H23N3O/c1-10-13(4,6-7-17-10)16-9-15-8-11(16)12(2,3)14-5/h8-10,14H,6-7H2,1-5H3. The maximum Gasteiger partial charge on any atom is 0.0954 e. The number of aromatic nitrogens is 2. The third-order valence-electron chi connectivity index (χ3n) is 4.31. The van der Waals surface area contributed by atoms with E-state index in [0.29, 0.717) is 0 Å². The summed E-state index contributed by atoms with van der Waals surface area (Å²) in [6.07, 6.45) is 5.15. The highest BCUT2D eigenvalue weighted by molar-refractivity contribution is 5.15. The Morgan fingerprint density at radius 2 is 2.29 bits per heavy atom. The second kappa shape index (κ2) is 4.10. The minimum Gasteiger partial charge on any atom is -0.376 e. The summed E-state index contributed by atoms with van der Waals surface area (Å²) in [4.78, 5) is 4.33. The molecule has 2 rings (SSSR count). The van der Waals surface area contributed by atoms with Crippen LogP contribution in [0.2, 0.25) is 0 Å². The third-order valence-corrected chi connectivity index (χ3v) is 4.31. The van der Waals surface area contributed by atoms with Crippen molar-refractivity contribution < 1.29 is 4.74 Å². The van der Waals surface area contributed by atoms with Crippen molar-refractivity contribution in [2.75, 3.05) is 13.7 Å². The number of nitrogens with one attached hydrogen (secondary N) is 1. The maximum atomic E-state index is 5.72. The molecule has 0 saturated carbocycles. The number of rotatable bonds is 3. The molecule has 0 aliphatic carbocycles. The van der Waals surface area contributed by atoms with Crippen LogP contribution in [0.25, 0.3) is 0 Å². The van der Waals surface area contributed by atoms with Crippen molar-refractivity contribution in [1.29, 1.82) is 0 Å². The van der Waals surface area contributed by atoms with Gasteiger partial charge in [0.1, 0.15) is 0 Å². The monoisotopic (exact) mass is 237 g/mol. The highest BCUT2D eigenvalue weighted by Crippen LogP contribution is 2.36. The highest BCUT2D eigenvalue weighted by Gasteiger charge is 2.41. The van der Waals surface area contributed by atoms with Gasteiger partial charge in [0.05, 0.1) is 35.4 Å². The Labute approximate surface area is 103 Å². The van der Waals surface area contributed by atoms with E-state index in [1.807, 2.05) is 19.6 Å². The van der Waals surface area contributed by atoms with E-state index in [1.54, 1.807) is 0 Å². The van der Waals surface area contributed by atoms with E-state index < -0.39 is 0 Å². The van der Waals surface area contributed by atoms with Crippen LogP contribution in [0.4, 0.5) is 0 Å². The first-order valence-electron chi connectivity index (χ1n) is 6.25. The molecule has 0 radical (unpaired) electrons. The molecule has 17 heavy (non-hydrogen) atoms. The van der Waals surface area contributed by atoms with Crippen LogP contribution in [-0.4, -0.2) is 29.3 Å². The Bertz CT molecular complexity index is 399. The number of hydrogen-bond donors (Lipinski definition) is 1. The van der Waals surface area contributed by atoms with E-state index in [1.165, 1.54) is 5.69 Å². The Balaban J connectivity index is 2.44. The molecule has 4 heteroatoms. The summed E-state index contributed by atoms with van der Waals surface area (Å²) in [5.41, 5.74) is 1.14. The third kappa shape index (κ3) is 1.89. The van der Waals surface area contributed by atoms with Crippen LogP contribution in [-0.2, 0) is 15.8 Å². The zero-order valence-electron chi connectivity index (χ0n) is 11.4. The average molecular weight is 237 g/mol. The SMILES string of the molecule is CNC(C)(C)c1cncn1C1(C)CCOC1C. The predicted octanol–water partition coefficient (Wildman–Crippen LogP) is 1.86. The van der Waals surface area contributed by atoms with Gasteiger partial charge in [0.25, 0.3) is 0 Å². The highest BCUT2D eigenvalue weighted by atomic mass is 16.5. The molecule has 2 atom stereocenters. The van der Waals surface area contributed by atoms with Gasteiger partial charge < -0.3 is 14.6 Å². The second-order valence-corrected chi connectivity index (χ2v) is 5.64. The quantitative estimate of drug-likeness (QED) is 0.872. The minimum absolute atomic E-state index is 0.0138. The summed E-state index contributed by atoms with van der Waals surface area (Å²) in [7, 11) is 1.98. The van der Waals surface area contributed by atoms with Crippen LogP contribution in [0, 0.1) is 0 Å². The van der Waals surface area contributed by atoms with Crippen molar-refractivity contribution in [2.24, 2.45) is 0 Å². The number of imidazole rings is 1. The molecular formula is C13H23N3O. The van der Waals surface area contributed by atoms with Gasteiger partial charge >= 0.3 is 0 Å². The van der Waals surface area contributed by atoms with Gasteiger partial charge in [-0.25, -0.2) is 4.98 Å². The van der Waals surface area contributed by atoms with Crippen LogP contribution < -0.4 is 5.32 Å². The molecule has 0 bridgehead atoms. The second-order valence-electron chi connectivity index (χ2n) is 5.64. The molecule has 1 N–H and O–H groups in total. The molecule has 0 amide bonds. The summed E-state index contributed by atoms with van der Waals surface area (Å²) < 4.78 is 8.00. The fourth-order valence-corrected chi connectivity index (χ4v) is 2.43. The van der Waals surface area contributed by atoms with Crippen LogP contribution in [0.15, 0.2) is 12.5 Å². The van der Waals surface area contributed by atoms with E-state index in [4.69, 9.17) is 4.74 Å². The maximum absolute atomic E-state index is 5.72. The number of ether oxygens (including phenoxy) is 1. The zero-order valence-corrected chi connectivity index (χ0v) is 11.4. The Morgan fingerprint density at radius 1 is 1.59 bits per heavy atom. The summed E-state index contributed by atoms with van der Waals surface area (Å²) in [6.45, 7) is 9.56. The van der Waals surface area contributed by atoms with Gasteiger partial charge in [-0.3, -0.25) is 0 Å². The first-order valence-corrected chi connectivity index (χ1v) is 6.25. The molecular weight excluding hydrogens is 214 g/mol. The molecule has 1 aliphatic rings. The predicted molar refractivity (Wildman–Crippen MR) is 68.0 cm³/mol. The molecule has 96 valence electrons. The minimum atomic E-state index is -0.0815. The lowest BCUT2D eigenvalue weighted by atomic mass is 9.91. The largest absolute Gasteiger partial charge is 0.376 e. The molecule has 0 aromatic carbocycles. The van der Waals surface area contributed by atoms with E-state index >= 15 is 0 Å². The fourth-order valence-electron chi connectivity index (χ4n) is 2.43. The number of hydrogen-bond acceptors (Lipinski definition) is 3. The molecule has 1 aromatic heterocycles. The fraction of sp³-hybridized carbons (Fsp3) is 0.769. The molecule has 1 aliphatic heterocycles. The lowest BCUT2D eigenvalue weighted by Gasteiger charge is -2.35. The Hall–Kier alpha value is -0.870. The molecule has 2 unspecified atom stereocenters. The van der Waals surface area contributed by atoms with Crippen LogP contribution >= 0.6 is 0 Å². The van der Waals surface area contributed by atoms with Crippen molar-refractivity contribution in [1.82, 2.24) is 14.9 Å². The van der Waals surface area contributed by atoms with Crippen molar-refractivity contribution >= 4 is 0 Å². The van der Waals surface area contributed by atoms with Crippen molar-refractivity contribution in [3.63, 3.8) is 0 Å². The van der Waals surface area contributed by atoms with Gasteiger partial charge in [0, 0.05) is 6.61 Å². The van der Waals surface area contributed by atoms with Gasteiger partial charge in [0.2, 0.25) is 0 Å². The summed E-state index contributed by atoms with van der Waals surface area (Å²) in [5.74, 6) is 0. The average Bonchev–Trinajstić information content (AvgIpc) is 2.88. The van der Waals surface area contributed by atoms with E-state index in [0.717, 1.165) is 13.0 Å². The smallest absolute Gasteiger partial charge is 0.0954 e. The van der Waals surface area contributed by atoms with E-state index in [-0.39, 0.29) is 17.2 Å². The summed E-state index contributed by atoms with van der Waals surface area (Å²) in [6, 6.07) is 0. The molecule has 1 fully saturated rings. The van der Waals surface area contributed by atoms with E-state index in [2.05, 4.69) is 42.6 Å². The zero-order chi connectivity index (χ0) is 12.7. The first kappa shape index (κ1) is 12.6. The van der Waals surface area contributed by atoms with Crippen LogP contribution in [0.3, 0.4) is 0 Å². The van der Waals surface area contributed by atoms with Crippen LogP contribution in [0.5, 0.6) is 0 Å². The van der Waals surface area contributed by atoms with Gasteiger partial charge in [-0.15, -0.1) is 0 Å². The first-order chi connectivity index (χ1) is 7.92. The number of nitrogens with zero attached hydrogens (tertiary/aromatic N) is 2. The lowest BCUT2D eigenvalue weighted by molar-refractivity contribution is 0.0732. The van der Waals surface area contributed by atoms with Crippen molar-refractivity contribution in [3.05, 3.63) is 18.2 Å². The van der Waals surface area contributed by atoms with Crippen molar-refractivity contribution in [3.8, 4) is 0 Å². The van der Waals surface area contributed by atoms with Crippen molar-refractivity contribution in [2.45, 2.75) is 51.3 Å². The Morgan fingerprint density at radius 3 is 2.82 bits per heavy atom. The van der Waals surface area contributed by atoms with E-state index in [9.17, 15) is 0 Å². The topological polar surface area (TPSA) is 39.1 Å². The van der Waals surface area contributed by atoms with Gasteiger partial charge in [-0.05, 0) is 41.2 Å². The van der Waals surface area contributed by atoms with Crippen LogP contribution in [0.1, 0.15) is 39.8 Å². The van der Waals surface area contributed by atoms with Gasteiger partial charge in [0.15, 0.2) is 0 Å². The summed E-state index contributed by atoms with van der Waals surface area (Å²) in [5, 5.41) is 3.34. The normalized spacial score (nSPS) is 29.8. The molecule has 1 aromatic rings. The Kier molecular flexibility index (Phi) is 3.04. The molecule has 2 heterocycles. The molecule has 0 spiro atoms. The van der Waals surface area contributed by atoms with Gasteiger partial charge in [-0.2, -0.15) is 0 Å². The molecule has 4 nitrogen and oxygen atoms in total.